The van der Waals surface area contributed by atoms with E-state index in [9.17, 15) is 8.42 Å². The molecule has 0 aliphatic rings. The predicted molar refractivity (Wildman–Crippen MR) is 87.5 cm³/mol. The second-order valence-corrected chi connectivity index (χ2v) is 6.91. The van der Waals surface area contributed by atoms with Crippen molar-refractivity contribution in [3.63, 3.8) is 0 Å². The monoisotopic (exact) mass is 320 g/mol. The minimum atomic E-state index is -3.55. The highest BCUT2D eigenvalue weighted by molar-refractivity contribution is 7.89. The zero-order valence-corrected chi connectivity index (χ0v) is 13.2. The van der Waals surface area contributed by atoms with Gasteiger partial charge in [0.1, 0.15) is 4.99 Å². The first-order valence-electron chi connectivity index (χ1n) is 6.33. The van der Waals surface area contributed by atoms with E-state index >= 15 is 0 Å². The first-order valence-corrected chi connectivity index (χ1v) is 8.23. The largest absolute Gasteiger partial charge is 0.389 e. The molecule has 3 N–H and O–H groups in total. The van der Waals surface area contributed by atoms with Gasteiger partial charge >= 0.3 is 0 Å². The highest BCUT2D eigenvalue weighted by Crippen LogP contribution is 2.11. The van der Waals surface area contributed by atoms with Gasteiger partial charge in [0.2, 0.25) is 10.0 Å². The lowest BCUT2D eigenvalue weighted by Gasteiger charge is -2.08. The summed E-state index contributed by atoms with van der Waals surface area (Å²) >= 11 is 4.84. The molecule has 21 heavy (non-hydrogen) atoms. The van der Waals surface area contributed by atoms with Crippen LogP contribution in [0, 0.1) is 6.92 Å². The maximum atomic E-state index is 12.2. The third kappa shape index (κ3) is 4.10. The predicted octanol–water partition coefficient (Wildman–Crippen LogP) is 2.11. The van der Waals surface area contributed by atoms with Crippen LogP contribution in [0.2, 0.25) is 0 Å². The summed E-state index contributed by atoms with van der Waals surface area (Å²) in [5.41, 5.74) is 8.17. The van der Waals surface area contributed by atoms with Crippen LogP contribution in [0.25, 0.3) is 0 Å². The van der Waals surface area contributed by atoms with E-state index in [0.717, 1.165) is 11.1 Å². The van der Waals surface area contributed by atoms with Gasteiger partial charge in [-0.2, -0.15) is 0 Å². The van der Waals surface area contributed by atoms with Crippen molar-refractivity contribution < 1.29 is 8.42 Å². The van der Waals surface area contributed by atoms with E-state index in [1.165, 1.54) is 12.1 Å². The zero-order chi connectivity index (χ0) is 15.5. The van der Waals surface area contributed by atoms with E-state index in [1.54, 1.807) is 12.1 Å². The summed E-state index contributed by atoms with van der Waals surface area (Å²) in [5.74, 6) is 0. The Morgan fingerprint density at radius 1 is 1.10 bits per heavy atom. The molecule has 0 aromatic heterocycles. The zero-order valence-electron chi connectivity index (χ0n) is 11.5. The number of sulfonamides is 1. The molecule has 0 amide bonds. The van der Waals surface area contributed by atoms with Crippen LogP contribution in [0.4, 0.5) is 0 Å². The van der Waals surface area contributed by atoms with Gasteiger partial charge in [-0.05, 0) is 24.6 Å². The van der Waals surface area contributed by atoms with Crippen molar-refractivity contribution >= 4 is 27.2 Å². The number of hydrogen-bond acceptors (Lipinski definition) is 3. The topological polar surface area (TPSA) is 72.2 Å². The normalized spacial score (nSPS) is 11.3. The van der Waals surface area contributed by atoms with E-state index in [-0.39, 0.29) is 16.4 Å². The molecule has 2 aromatic rings. The van der Waals surface area contributed by atoms with Crippen LogP contribution in [-0.2, 0) is 16.6 Å². The van der Waals surface area contributed by atoms with Crippen molar-refractivity contribution in [1.82, 2.24) is 4.72 Å². The van der Waals surface area contributed by atoms with Gasteiger partial charge in [0.05, 0.1) is 4.90 Å². The molecule has 0 heterocycles. The van der Waals surface area contributed by atoms with Gasteiger partial charge in [0.25, 0.3) is 0 Å². The van der Waals surface area contributed by atoms with Crippen molar-refractivity contribution in [1.29, 1.82) is 0 Å². The lowest BCUT2D eigenvalue weighted by molar-refractivity contribution is 0.581. The van der Waals surface area contributed by atoms with E-state index in [2.05, 4.69) is 4.72 Å². The molecule has 6 heteroatoms. The molecule has 0 unspecified atom stereocenters. The molecule has 0 spiro atoms. The SMILES string of the molecule is Cc1ccc(CNS(=O)(=O)c2ccc(C(N)=S)cc2)cc1. The molecular formula is C15H16N2O2S2. The molecular weight excluding hydrogens is 304 g/mol. The van der Waals surface area contributed by atoms with Crippen LogP contribution in [-0.4, -0.2) is 13.4 Å². The number of nitrogens with two attached hydrogens (primary N) is 1. The number of thiocarbonyl (C=S) groups is 1. The van der Waals surface area contributed by atoms with E-state index in [0.29, 0.717) is 5.56 Å². The van der Waals surface area contributed by atoms with Crippen molar-refractivity contribution in [3.05, 3.63) is 65.2 Å². The number of benzene rings is 2. The lowest BCUT2D eigenvalue weighted by atomic mass is 10.2. The van der Waals surface area contributed by atoms with Crippen molar-refractivity contribution in [2.75, 3.05) is 0 Å². The smallest absolute Gasteiger partial charge is 0.240 e. The molecule has 0 radical (unpaired) electrons. The number of hydrogen-bond donors (Lipinski definition) is 2. The maximum Gasteiger partial charge on any atom is 0.240 e. The number of rotatable bonds is 5. The first kappa shape index (κ1) is 15.6. The molecule has 2 rings (SSSR count). The third-order valence-electron chi connectivity index (χ3n) is 3.04. The summed E-state index contributed by atoms with van der Waals surface area (Å²) in [6.07, 6.45) is 0. The van der Waals surface area contributed by atoms with Crippen LogP contribution >= 0.6 is 12.2 Å². The fourth-order valence-electron chi connectivity index (χ4n) is 1.77. The molecule has 0 aliphatic heterocycles. The second-order valence-electron chi connectivity index (χ2n) is 4.70. The summed E-state index contributed by atoms with van der Waals surface area (Å²) in [6, 6.07) is 13.9. The fourth-order valence-corrected chi connectivity index (χ4v) is 2.92. The van der Waals surface area contributed by atoms with Crippen molar-refractivity contribution in [2.24, 2.45) is 5.73 Å². The number of aryl methyl sites for hydroxylation is 1. The Bertz CT molecular complexity index is 736. The average Bonchev–Trinajstić information content (AvgIpc) is 2.47. The lowest BCUT2D eigenvalue weighted by Crippen LogP contribution is -2.23. The Balaban J connectivity index is 2.11. The molecule has 0 saturated heterocycles. The van der Waals surface area contributed by atoms with Gasteiger partial charge in [-0.25, -0.2) is 13.1 Å². The van der Waals surface area contributed by atoms with E-state index in [4.69, 9.17) is 18.0 Å². The third-order valence-corrected chi connectivity index (χ3v) is 4.69. The second kappa shape index (κ2) is 6.34. The van der Waals surface area contributed by atoms with Crippen molar-refractivity contribution in [2.45, 2.75) is 18.4 Å². The van der Waals surface area contributed by atoms with Gasteiger partial charge in [-0.1, -0.05) is 54.2 Å². The molecule has 0 saturated carbocycles. The standard InChI is InChI=1S/C15H16N2O2S2/c1-11-2-4-12(5-3-11)10-17-21(18,19)14-8-6-13(7-9-14)15(16)20/h2-9,17H,10H2,1H3,(H2,16,20). The maximum absolute atomic E-state index is 12.2. The molecule has 2 aromatic carbocycles. The van der Waals surface area contributed by atoms with E-state index < -0.39 is 10.0 Å². The summed E-state index contributed by atoms with van der Waals surface area (Å²) in [6.45, 7) is 2.23. The summed E-state index contributed by atoms with van der Waals surface area (Å²) in [5, 5.41) is 0. The van der Waals surface area contributed by atoms with Gasteiger partial charge in [0.15, 0.2) is 0 Å². The minimum absolute atomic E-state index is 0.189. The Morgan fingerprint density at radius 2 is 1.67 bits per heavy atom. The molecule has 0 aliphatic carbocycles. The van der Waals surface area contributed by atoms with Gasteiger partial charge in [0, 0.05) is 12.1 Å². The first-order chi connectivity index (χ1) is 9.88. The summed E-state index contributed by atoms with van der Waals surface area (Å²) in [7, 11) is -3.55. The van der Waals surface area contributed by atoms with E-state index in [1.807, 2.05) is 31.2 Å². The summed E-state index contributed by atoms with van der Waals surface area (Å²) < 4.78 is 26.9. The Hall–Kier alpha value is -1.76. The Kier molecular flexibility index (Phi) is 4.72. The summed E-state index contributed by atoms with van der Waals surface area (Å²) in [4.78, 5) is 0.432. The highest BCUT2D eigenvalue weighted by atomic mass is 32.2. The van der Waals surface area contributed by atoms with Crippen LogP contribution < -0.4 is 10.5 Å². The van der Waals surface area contributed by atoms with Crippen molar-refractivity contribution in [3.8, 4) is 0 Å². The Morgan fingerprint density at radius 3 is 2.19 bits per heavy atom. The molecule has 110 valence electrons. The molecule has 0 atom stereocenters. The molecule has 4 nitrogen and oxygen atoms in total. The quantitative estimate of drug-likeness (QED) is 0.828. The molecule has 0 fully saturated rings. The van der Waals surface area contributed by atoms with Gasteiger partial charge in [-0.3, -0.25) is 0 Å². The van der Waals surface area contributed by atoms with Crippen LogP contribution in [0.3, 0.4) is 0 Å². The minimum Gasteiger partial charge on any atom is -0.389 e. The average molecular weight is 320 g/mol. The fraction of sp³-hybridized carbons (Fsp3) is 0.133. The number of nitrogens with one attached hydrogen (secondary N) is 1. The Labute approximate surface area is 130 Å². The van der Waals surface area contributed by atoms with Gasteiger partial charge < -0.3 is 5.73 Å². The van der Waals surface area contributed by atoms with Crippen LogP contribution in [0.1, 0.15) is 16.7 Å². The van der Waals surface area contributed by atoms with Gasteiger partial charge in [-0.15, -0.1) is 0 Å². The highest BCUT2D eigenvalue weighted by Gasteiger charge is 2.13. The van der Waals surface area contributed by atoms with Crippen LogP contribution in [0.15, 0.2) is 53.4 Å². The van der Waals surface area contributed by atoms with Crippen LogP contribution in [0.5, 0.6) is 0 Å². The molecule has 0 bridgehead atoms.